The standard InChI is InChI=1S/C15H15ClS/c1-3-17(2,13-9-5-4-6-10-13)15-12-8-7-11-14(15)16/h3-12H,2H2,1H3. The molecule has 0 spiro atoms. The summed E-state index contributed by atoms with van der Waals surface area (Å²) in [6, 6.07) is 18.3. The molecule has 0 saturated carbocycles. The van der Waals surface area contributed by atoms with Gasteiger partial charge in [0, 0.05) is 9.79 Å². The molecule has 88 valence electrons. The molecule has 17 heavy (non-hydrogen) atoms. The monoisotopic (exact) mass is 262 g/mol. The van der Waals surface area contributed by atoms with Gasteiger partial charge < -0.3 is 0 Å². The van der Waals surface area contributed by atoms with Crippen molar-refractivity contribution in [3.8, 4) is 0 Å². The number of hydrogen-bond acceptors (Lipinski definition) is 0. The fourth-order valence-electron chi connectivity index (χ4n) is 1.79. The third-order valence-corrected chi connectivity index (χ3v) is 6.30. The molecular formula is C15H15ClS. The van der Waals surface area contributed by atoms with Gasteiger partial charge >= 0.3 is 0 Å². The van der Waals surface area contributed by atoms with E-state index in [1.807, 2.05) is 36.4 Å². The predicted octanol–water partition coefficient (Wildman–Crippen LogP) is 4.82. The van der Waals surface area contributed by atoms with Crippen LogP contribution in [0.1, 0.15) is 6.92 Å². The largest absolute Gasteiger partial charge is 0.156 e. The zero-order chi connectivity index (χ0) is 12.3. The number of halogens is 1. The summed E-state index contributed by atoms with van der Waals surface area (Å²) in [5.74, 6) is 4.43. The zero-order valence-electron chi connectivity index (χ0n) is 9.77. The van der Waals surface area contributed by atoms with Gasteiger partial charge in [0.25, 0.3) is 0 Å². The molecule has 0 aliphatic rings. The summed E-state index contributed by atoms with van der Waals surface area (Å²) in [6.45, 7) is 2.05. The highest BCUT2D eigenvalue weighted by atomic mass is 35.5. The van der Waals surface area contributed by atoms with Crippen molar-refractivity contribution < 1.29 is 0 Å². The normalized spacial score (nSPS) is 14.0. The van der Waals surface area contributed by atoms with Crippen LogP contribution in [-0.2, 0) is 0 Å². The van der Waals surface area contributed by atoms with Crippen molar-refractivity contribution >= 4 is 32.0 Å². The van der Waals surface area contributed by atoms with E-state index in [0.29, 0.717) is 0 Å². The lowest BCUT2D eigenvalue weighted by Gasteiger charge is -2.18. The van der Waals surface area contributed by atoms with Crippen LogP contribution in [0.15, 0.2) is 64.4 Å². The Kier molecular flexibility index (Phi) is 3.60. The second kappa shape index (κ2) is 4.99. The Morgan fingerprint density at radius 2 is 1.59 bits per heavy atom. The van der Waals surface area contributed by atoms with Crippen LogP contribution in [0.3, 0.4) is 0 Å². The number of rotatable bonds is 2. The molecule has 1 unspecified atom stereocenters. The summed E-state index contributed by atoms with van der Waals surface area (Å²) in [4.78, 5) is 2.35. The molecule has 0 radical (unpaired) electrons. The van der Waals surface area contributed by atoms with Crippen molar-refractivity contribution in [2.45, 2.75) is 16.7 Å². The molecule has 0 aliphatic heterocycles. The second-order valence-corrected chi connectivity index (χ2v) is 7.15. The fraction of sp³-hybridized carbons (Fsp3) is 0.0667. The van der Waals surface area contributed by atoms with Crippen molar-refractivity contribution in [3.63, 3.8) is 0 Å². The van der Waals surface area contributed by atoms with Gasteiger partial charge in [0.1, 0.15) is 0 Å². The maximum Gasteiger partial charge on any atom is 0.0535 e. The van der Waals surface area contributed by atoms with Gasteiger partial charge in [0.05, 0.1) is 5.02 Å². The minimum absolute atomic E-state index is 0.791. The van der Waals surface area contributed by atoms with E-state index < -0.39 is 9.21 Å². The minimum atomic E-state index is -1.37. The van der Waals surface area contributed by atoms with Gasteiger partial charge in [-0.15, -0.1) is 0 Å². The first-order valence-electron chi connectivity index (χ1n) is 5.44. The topological polar surface area (TPSA) is 0 Å². The molecule has 2 aromatic rings. The van der Waals surface area contributed by atoms with Gasteiger partial charge in [-0.2, -0.15) is 9.21 Å². The average Bonchev–Trinajstić information content (AvgIpc) is 2.39. The van der Waals surface area contributed by atoms with E-state index in [0.717, 1.165) is 9.92 Å². The van der Waals surface area contributed by atoms with Gasteiger partial charge in [-0.25, -0.2) is 0 Å². The predicted molar refractivity (Wildman–Crippen MR) is 80.9 cm³/mol. The molecule has 0 aromatic heterocycles. The van der Waals surface area contributed by atoms with Crippen LogP contribution < -0.4 is 0 Å². The van der Waals surface area contributed by atoms with Crippen LogP contribution in [0.5, 0.6) is 0 Å². The van der Waals surface area contributed by atoms with E-state index in [2.05, 4.69) is 36.4 Å². The van der Waals surface area contributed by atoms with Crippen molar-refractivity contribution in [1.82, 2.24) is 0 Å². The summed E-state index contributed by atoms with van der Waals surface area (Å²) in [6.07, 6.45) is 0. The van der Waals surface area contributed by atoms with E-state index in [1.165, 1.54) is 4.90 Å². The Labute approximate surface area is 108 Å². The lowest BCUT2D eigenvalue weighted by atomic mass is 10.4. The molecule has 0 heterocycles. The average molecular weight is 263 g/mol. The van der Waals surface area contributed by atoms with Gasteiger partial charge in [-0.3, -0.25) is 0 Å². The van der Waals surface area contributed by atoms with E-state index in [1.54, 1.807) is 0 Å². The van der Waals surface area contributed by atoms with Crippen molar-refractivity contribution in [3.05, 3.63) is 59.6 Å². The van der Waals surface area contributed by atoms with Crippen LogP contribution in [0.4, 0.5) is 0 Å². The van der Waals surface area contributed by atoms with Crippen molar-refractivity contribution in [2.24, 2.45) is 0 Å². The number of hydrogen-bond donors (Lipinski definition) is 0. The van der Waals surface area contributed by atoms with Crippen LogP contribution in [0.25, 0.3) is 0 Å². The minimum Gasteiger partial charge on any atom is -0.156 e. The summed E-state index contributed by atoms with van der Waals surface area (Å²) in [7, 11) is -1.37. The van der Waals surface area contributed by atoms with Gasteiger partial charge in [0.15, 0.2) is 0 Å². The Morgan fingerprint density at radius 3 is 2.18 bits per heavy atom. The first-order valence-corrected chi connectivity index (χ1v) is 7.68. The lowest BCUT2D eigenvalue weighted by Crippen LogP contribution is -1.87. The molecule has 2 aromatic carbocycles. The number of benzene rings is 2. The Bertz CT molecular complexity index is 620. The molecule has 0 fully saturated rings. The molecule has 0 saturated heterocycles. The molecule has 0 amide bonds. The second-order valence-electron chi connectivity index (χ2n) is 3.77. The highest BCUT2D eigenvalue weighted by Crippen LogP contribution is 2.45. The Balaban J connectivity index is 2.71. The quantitative estimate of drug-likeness (QED) is 0.681. The van der Waals surface area contributed by atoms with E-state index in [-0.39, 0.29) is 0 Å². The molecule has 0 bridgehead atoms. The van der Waals surface area contributed by atoms with E-state index >= 15 is 0 Å². The van der Waals surface area contributed by atoms with Gasteiger partial charge in [-0.05, 0) is 31.2 Å². The van der Waals surface area contributed by atoms with Crippen LogP contribution in [-0.4, -0.2) is 11.2 Å². The third kappa shape index (κ3) is 2.26. The SMILES string of the molecule is C=S(=CC)(c1ccccc1)c1ccccc1Cl. The highest BCUT2D eigenvalue weighted by molar-refractivity contribution is 8.28. The molecular weight excluding hydrogens is 248 g/mol. The molecule has 0 nitrogen and oxygen atoms in total. The van der Waals surface area contributed by atoms with Crippen molar-refractivity contribution in [2.75, 3.05) is 0 Å². The molecule has 1 atom stereocenters. The maximum absolute atomic E-state index is 6.30. The van der Waals surface area contributed by atoms with Crippen LogP contribution >= 0.6 is 20.8 Å². The zero-order valence-corrected chi connectivity index (χ0v) is 11.3. The summed E-state index contributed by atoms with van der Waals surface area (Å²) in [5.41, 5.74) is 0. The van der Waals surface area contributed by atoms with E-state index in [9.17, 15) is 0 Å². The molecule has 0 N–H and O–H groups in total. The maximum atomic E-state index is 6.30. The molecule has 2 rings (SSSR count). The first-order chi connectivity index (χ1) is 8.18. The summed E-state index contributed by atoms with van der Waals surface area (Å²) < 4.78 is 0. The van der Waals surface area contributed by atoms with Crippen LogP contribution in [0, 0.1) is 0 Å². The lowest BCUT2D eigenvalue weighted by molar-refractivity contribution is 1.40. The first kappa shape index (κ1) is 12.3. The molecule has 0 aliphatic carbocycles. The summed E-state index contributed by atoms with van der Waals surface area (Å²) in [5, 5.41) is 2.96. The highest BCUT2D eigenvalue weighted by Gasteiger charge is 2.09. The third-order valence-electron chi connectivity index (χ3n) is 2.80. The smallest absolute Gasteiger partial charge is 0.0535 e. The Hall–Kier alpha value is -1.18. The van der Waals surface area contributed by atoms with Crippen molar-refractivity contribution in [1.29, 1.82) is 0 Å². The van der Waals surface area contributed by atoms with Gasteiger partial charge in [0.2, 0.25) is 0 Å². The van der Waals surface area contributed by atoms with Gasteiger partial charge in [-0.1, -0.05) is 53.2 Å². The molecule has 2 heteroatoms. The Morgan fingerprint density at radius 1 is 1.00 bits per heavy atom. The summed E-state index contributed by atoms with van der Waals surface area (Å²) >= 11 is 6.30. The fourth-order valence-corrected chi connectivity index (χ4v) is 4.50. The van der Waals surface area contributed by atoms with Crippen LogP contribution in [0.2, 0.25) is 5.02 Å². The van der Waals surface area contributed by atoms with E-state index in [4.69, 9.17) is 11.6 Å².